The molecule has 0 saturated carbocycles. The number of nitrogens with zero attached hydrogens (tertiary/aromatic N) is 2. The molecule has 1 atom stereocenters. The van der Waals surface area contributed by atoms with Crippen LogP contribution in [0.1, 0.15) is 31.4 Å². The van der Waals surface area contributed by atoms with Crippen molar-refractivity contribution in [3.05, 3.63) is 35.6 Å². The fourth-order valence-corrected chi connectivity index (χ4v) is 4.26. The smallest absolute Gasteiger partial charge is 0.240 e. The van der Waals surface area contributed by atoms with Crippen LogP contribution in [-0.4, -0.2) is 66.0 Å². The summed E-state index contributed by atoms with van der Waals surface area (Å²) in [6.45, 7) is 4.00. The fourth-order valence-electron chi connectivity index (χ4n) is 3.50. The number of nitrogens with one attached hydrogen (secondary N) is 2. The number of halogens is 1. The van der Waals surface area contributed by atoms with Gasteiger partial charge in [-0.1, -0.05) is 36.1 Å². The summed E-state index contributed by atoms with van der Waals surface area (Å²) < 4.78 is 16.1. The van der Waals surface area contributed by atoms with Gasteiger partial charge in [0.05, 0.1) is 19.6 Å². The third-order valence-electron chi connectivity index (χ3n) is 5.18. The molecule has 0 spiro atoms. The minimum absolute atomic E-state index is 0.0182. The van der Waals surface area contributed by atoms with Gasteiger partial charge in [-0.2, -0.15) is 0 Å². The van der Waals surface area contributed by atoms with E-state index in [9.17, 15) is 14.0 Å². The van der Waals surface area contributed by atoms with Gasteiger partial charge in [0, 0.05) is 30.7 Å². The number of carbonyl (C=O) groups excluding carboxylic acids is 2. The molecule has 1 unspecified atom stereocenters. The summed E-state index contributed by atoms with van der Waals surface area (Å²) in [4.78, 5) is 26.0. The van der Waals surface area contributed by atoms with Crippen molar-refractivity contribution < 1.29 is 14.0 Å². The largest absolute Gasteiger partial charge is 0.346 e. The van der Waals surface area contributed by atoms with Crippen LogP contribution >= 0.6 is 11.9 Å². The SMILES string of the molecule is C#CCNC(=O)CNC(=O)CN(SC)C1CCN(C(C)c2ccccc2F)CC1. The summed E-state index contributed by atoms with van der Waals surface area (Å²) in [6.07, 6.45) is 8.83. The summed E-state index contributed by atoms with van der Waals surface area (Å²) in [5.74, 6) is 1.64. The highest BCUT2D eigenvalue weighted by atomic mass is 32.2. The van der Waals surface area contributed by atoms with Crippen molar-refractivity contribution in [3.8, 4) is 12.3 Å². The minimum Gasteiger partial charge on any atom is -0.346 e. The van der Waals surface area contributed by atoms with Crippen LogP contribution in [0.5, 0.6) is 0 Å². The van der Waals surface area contributed by atoms with E-state index in [1.54, 1.807) is 6.07 Å². The Morgan fingerprint density at radius 2 is 2.00 bits per heavy atom. The second-order valence-electron chi connectivity index (χ2n) is 6.98. The van der Waals surface area contributed by atoms with Crippen molar-refractivity contribution in [2.75, 3.05) is 39.0 Å². The molecule has 1 aliphatic rings. The summed E-state index contributed by atoms with van der Waals surface area (Å²) in [5, 5.41) is 5.13. The van der Waals surface area contributed by atoms with E-state index < -0.39 is 0 Å². The number of benzene rings is 1. The molecule has 6 nitrogen and oxygen atoms in total. The Bertz CT molecular complexity index is 732. The first-order valence-corrected chi connectivity index (χ1v) is 10.9. The van der Waals surface area contributed by atoms with Gasteiger partial charge < -0.3 is 10.6 Å². The van der Waals surface area contributed by atoms with E-state index in [-0.39, 0.29) is 49.3 Å². The standard InChI is InChI=1S/C21H29FN4O2S/c1-4-11-23-20(27)14-24-21(28)15-26(29-3)17-9-12-25(13-10-17)16(2)18-7-5-6-8-19(18)22/h1,5-8,16-17H,9-15H2,2-3H3,(H,23,27)(H,24,28). The number of rotatable bonds is 9. The first-order chi connectivity index (χ1) is 14.0. The second-order valence-corrected chi connectivity index (χ2v) is 7.81. The molecule has 1 aromatic carbocycles. The number of hydrogen-bond donors (Lipinski definition) is 2. The van der Waals surface area contributed by atoms with Crippen LogP contribution in [-0.2, 0) is 9.59 Å². The average molecular weight is 421 g/mol. The molecule has 8 heteroatoms. The van der Waals surface area contributed by atoms with Crippen molar-refractivity contribution in [1.82, 2.24) is 19.8 Å². The highest BCUT2D eigenvalue weighted by Gasteiger charge is 2.29. The van der Waals surface area contributed by atoms with Crippen LogP contribution in [0.15, 0.2) is 24.3 Å². The summed E-state index contributed by atoms with van der Waals surface area (Å²) in [6, 6.07) is 7.18. The Morgan fingerprint density at radius 3 is 2.62 bits per heavy atom. The molecule has 2 N–H and O–H groups in total. The molecule has 2 rings (SSSR count). The maximum atomic E-state index is 14.1. The van der Waals surface area contributed by atoms with Crippen LogP contribution < -0.4 is 10.6 Å². The molecule has 2 amide bonds. The van der Waals surface area contributed by atoms with Crippen LogP contribution in [0, 0.1) is 18.2 Å². The van der Waals surface area contributed by atoms with Gasteiger partial charge in [0.2, 0.25) is 11.8 Å². The Kier molecular flexibility index (Phi) is 9.45. The highest BCUT2D eigenvalue weighted by molar-refractivity contribution is 7.96. The van der Waals surface area contributed by atoms with E-state index in [0.717, 1.165) is 31.5 Å². The third-order valence-corrected chi connectivity index (χ3v) is 6.07. The average Bonchev–Trinajstić information content (AvgIpc) is 2.74. The zero-order valence-corrected chi connectivity index (χ0v) is 17.8. The number of carbonyl (C=O) groups is 2. The summed E-state index contributed by atoms with van der Waals surface area (Å²) >= 11 is 1.53. The molecule has 29 heavy (non-hydrogen) atoms. The fraction of sp³-hybridized carbons (Fsp3) is 0.524. The van der Waals surface area contributed by atoms with E-state index in [4.69, 9.17) is 6.42 Å². The van der Waals surface area contributed by atoms with Crippen molar-refractivity contribution >= 4 is 23.8 Å². The minimum atomic E-state index is -0.303. The molecule has 0 aromatic heterocycles. The van der Waals surface area contributed by atoms with Crippen molar-refractivity contribution in [1.29, 1.82) is 0 Å². The van der Waals surface area contributed by atoms with Crippen LogP contribution in [0.2, 0.25) is 0 Å². The first kappa shape index (κ1) is 23.2. The zero-order chi connectivity index (χ0) is 21.2. The van der Waals surface area contributed by atoms with Crippen molar-refractivity contribution in [3.63, 3.8) is 0 Å². The number of hydrogen-bond acceptors (Lipinski definition) is 5. The Morgan fingerprint density at radius 1 is 1.31 bits per heavy atom. The zero-order valence-electron chi connectivity index (χ0n) is 17.0. The van der Waals surface area contributed by atoms with E-state index in [1.165, 1.54) is 18.0 Å². The van der Waals surface area contributed by atoms with Gasteiger partial charge in [-0.25, -0.2) is 8.70 Å². The van der Waals surface area contributed by atoms with Gasteiger partial charge in [-0.15, -0.1) is 6.42 Å². The van der Waals surface area contributed by atoms with Gasteiger partial charge in [0.1, 0.15) is 5.82 Å². The molecule has 1 aliphatic heterocycles. The topological polar surface area (TPSA) is 64.7 Å². The van der Waals surface area contributed by atoms with E-state index in [1.807, 2.05) is 25.3 Å². The number of likely N-dealkylation sites (tertiary alicyclic amines) is 1. The van der Waals surface area contributed by atoms with Crippen LogP contribution in [0.25, 0.3) is 0 Å². The predicted molar refractivity (Wildman–Crippen MR) is 114 cm³/mol. The lowest BCUT2D eigenvalue weighted by Gasteiger charge is -2.39. The molecule has 1 fully saturated rings. The maximum Gasteiger partial charge on any atom is 0.240 e. The third kappa shape index (κ3) is 7.03. The Balaban J connectivity index is 1.80. The van der Waals surface area contributed by atoms with Crippen LogP contribution in [0.3, 0.4) is 0 Å². The molecular weight excluding hydrogens is 391 g/mol. The van der Waals surface area contributed by atoms with Gasteiger partial charge in [-0.05, 0) is 32.1 Å². The highest BCUT2D eigenvalue weighted by Crippen LogP contribution is 2.28. The monoisotopic (exact) mass is 420 g/mol. The Labute approximate surface area is 176 Å². The second kappa shape index (κ2) is 11.8. The molecule has 0 aliphatic carbocycles. The van der Waals surface area contributed by atoms with Crippen molar-refractivity contribution in [2.24, 2.45) is 0 Å². The lowest BCUT2D eigenvalue weighted by molar-refractivity contribution is -0.126. The van der Waals surface area contributed by atoms with Gasteiger partial charge in [0.15, 0.2) is 0 Å². The molecule has 0 bridgehead atoms. The lowest BCUT2D eigenvalue weighted by Crippen LogP contribution is -2.47. The lowest BCUT2D eigenvalue weighted by atomic mass is 10.00. The quantitative estimate of drug-likeness (QED) is 0.471. The first-order valence-electron chi connectivity index (χ1n) is 9.72. The van der Waals surface area contributed by atoms with Gasteiger partial charge in [-0.3, -0.25) is 14.5 Å². The van der Waals surface area contributed by atoms with Gasteiger partial charge >= 0.3 is 0 Å². The van der Waals surface area contributed by atoms with E-state index in [0.29, 0.717) is 0 Å². The van der Waals surface area contributed by atoms with E-state index in [2.05, 4.69) is 25.8 Å². The van der Waals surface area contributed by atoms with Gasteiger partial charge in [0.25, 0.3) is 0 Å². The maximum absolute atomic E-state index is 14.1. The number of terminal acetylenes is 1. The number of piperidine rings is 1. The molecule has 1 aromatic rings. The summed E-state index contributed by atoms with van der Waals surface area (Å²) in [7, 11) is 0. The summed E-state index contributed by atoms with van der Waals surface area (Å²) in [5.41, 5.74) is 0.718. The molecular formula is C21H29FN4O2S. The molecule has 1 saturated heterocycles. The molecule has 0 radical (unpaired) electrons. The van der Waals surface area contributed by atoms with E-state index >= 15 is 0 Å². The molecule has 158 valence electrons. The van der Waals surface area contributed by atoms with Crippen LogP contribution in [0.4, 0.5) is 4.39 Å². The normalized spacial score (nSPS) is 16.2. The Hall–Kier alpha value is -2.08. The number of amides is 2. The van der Waals surface area contributed by atoms with Crippen molar-refractivity contribution in [2.45, 2.75) is 31.8 Å². The molecule has 1 heterocycles. The predicted octanol–water partition coefficient (Wildman–Crippen LogP) is 1.80.